The normalized spacial score (nSPS) is 10.8. The van der Waals surface area contributed by atoms with Crippen molar-refractivity contribution in [3.05, 3.63) is 64.1 Å². The molecule has 0 aliphatic carbocycles. The second-order valence-corrected chi connectivity index (χ2v) is 5.81. The molecule has 2 aromatic carbocycles. The maximum Gasteiger partial charge on any atom is 0.169 e. The highest BCUT2D eigenvalue weighted by molar-refractivity contribution is 6.30. The number of benzene rings is 2. The van der Waals surface area contributed by atoms with Crippen molar-refractivity contribution in [2.45, 2.75) is 6.54 Å². The van der Waals surface area contributed by atoms with Gasteiger partial charge in [0, 0.05) is 15.6 Å². The predicted molar refractivity (Wildman–Crippen MR) is 92.1 cm³/mol. The Bertz CT molecular complexity index is 792. The largest absolute Gasteiger partial charge is 0.394 e. The zero-order chi connectivity index (χ0) is 15.7. The molecule has 0 fully saturated rings. The van der Waals surface area contributed by atoms with E-state index in [-0.39, 0.29) is 0 Å². The van der Waals surface area contributed by atoms with Crippen molar-refractivity contribution < 1.29 is 0 Å². The predicted octanol–water partition coefficient (Wildman–Crippen LogP) is 4.07. The average molecular weight is 333 g/mol. The minimum Gasteiger partial charge on any atom is -0.394 e. The molecule has 3 aromatic rings. The molecule has 4 nitrogen and oxygen atoms in total. The van der Waals surface area contributed by atoms with Crippen LogP contribution in [0.15, 0.2) is 48.5 Å². The second-order valence-electron chi connectivity index (χ2n) is 4.94. The third kappa shape index (κ3) is 2.89. The van der Waals surface area contributed by atoms with Gasteiger partial charge in [-0.05, 0) is 29.8 Å². The molecule has 3 rings (SSSR count). The summed E-state index contributed by atoms with van der Waals surface area (Å²) in [5, 5.41) is 5.69. The summed E-state index contributed by atoms with van der Waals surface area (Å²) in [7, 11) is 0. The van der Waals surface area contributed by atoms with Crippen molar-refractivity contribution in [2.75, 3.05) is 11.5 Å². The van der Waals surface area contributed by atoms with Crippen LogP contribution >= 0.6 is 23.2 Å². The minimum atomic E-state index is 0.318. The van der Waals surface area contributed by atoms with E-state index < -0.39 is 0 Å². The van der Waals surface area contributed by atoms with Gasteiger partial charge >= 0.3 is 0 Å². The van der Waals surface area contributed by atoms with Crippen LogP contribution in [0.1, 0.15) is 5.56 Å². The summed E-state index contributed by atoms with van der Waals surface area (Å²) < 4.78 is 1.79. The summed E-state index contributed by atoms with van der Waals surface area (Å²) >= 11 is 11.8. The lowest BCUT2D eigenvalue weighted by Crippen LogP contribution is -2.04. The molecule has 0 bridgehead atoms. The van der Waals surface area contributed by atoms with Crippen molar-refractivity contribution in [1.29, 1.82) is 0 Å². The van der Waals surface area contributed by atoms with Crippen LogP contribution in [0.2, 0.25) is 10.0 Å². The molecular weight excluding hydrogens is 319 g/mol. The fourth-order valence-corrected chi connectivity index (χ4v) is 2.54. The fourth-order valence-electron chi connectivity index (χ4n) is 2.28. The topological polar surface area (TPSA) is 69.9 Å². The van der Waals surface area contributed by atoms with E-state index in [1.807, 2.05) is 48.5 Å². The zero-order valence-electron chi connectivity index (χ0n) is 11.6. The van der Waals surface area contributed by atoms with Crippen molar-refractivity contribution in [2.24, 2.45) is 0 Å². The van der Waals surface area contributed by atoms with Gasteiger partial charge < -0.3 is 11.5 Å². The van der Waals surface area contributed by atoms with Gasteiger partial charge in [0.05, 0.1) is 12.2 Å². The van der Waals surface area contributed by atoms with Crippen LogP contribution in [0.3, 0.4) is 0 Å². The van der Waals surface area contributed by atoms with Crippen molar-refractivity contribution in [1.82, 2.24) is 9.78 Å². The van der Waals surface area contributed by atoms with Gasteiger partial charge in [-0.25, -0.2) is 0 Å². The Labute approximate surface area is 138 Å². The maximum absolute atomic E-state index is 6.09. The van der Waals surface area contributed by atoms with Crippen molar-refractivity contribution in [3.63, 3.8) is 0 Å². The summed E-state index contributed by atoms with van der Waals surface area (Å²) in [4.78, 5) is 0. The molecule has 4 N–H and O–H groups in total. The molecule has 0 aliphatic rings. The molecule has 0 aliphatic heterocycles. The lowest BCUT2D eigenvalue weighted by atomic mass is 10.1. The number of halogens is 2. The van der Waals surface area contributed by atoms with Gasteiger partial charge in [0.2, 0.25) is 0 Å². The Morgan fingerprint density at radius 2 is 1.41 bits per heavy atom. The molecule has 1 aromatic heterocycles. The van der Waals surface area contributed by atoms with Crippen LogP contribution in [0.25, 0.3) is 11.3 Å². The third-order valence-electron chi connectivity index (χ3n) is 3.38. The molecule has 112 valence electrons. The molecule has 0 saturated heterocycles. The summed E-state index contributed by atoms with van der Waals surface area (Å²) in [5.74, 6) is 0.318. The van der Waals surface area contributed by atoms with Crippen LogP contribution in [0, 0.1) is 0 Å². The number of nitrogen functional groups attached to an aromatic ring is 2. The van der Waals surface area contributed by atoms with Gasteiger partial charge in [-0.3, -0.25) is 4.68 Å². The molecule has 0 spiro atoms. The van der Waals surface area contributed by atoms with Gasteiger partial charge in [-0.2, -0.15) is 5.10 Å². The molecule has 0 saturated carbocycles. The van der Waals surface area contributed by atoms with Gasteiger partial charge in [0.15, 0.2) is 5.82 Å². The standard InChI is InChI=1S/C16H14Cl2N4/c17-12-5-1-10(2-6-12)9-22-15(14(19)16(20)21-22)11-3-7-13(18)8-4-11/h1-8H,9,19H2,(H2,20,21). The van der Waals surface area contributed by atoms with Crippen LogP contribution in [-0.2, 0) is 6.54 Å². The van der Waals surface area contributed by atoms with E-state index >= 15 is 0 Å². The third-order valence-corrected chi connectivity index (χ3v) is 3.88. The SMILES string of the molecule is Nc1nn(Cc2ccc(Cl)cc2)c(-c2ccc(Cl)cc2)c1N. The maximum atomic E-state index is 6.09. The first-order valence-electron chi connectivity index (χ1n) is 6.67. The molecule has 1 heterocycles. The van der Waals surface area contributed by atoms with Gasteiger partial charge in [-0.1, -0.05) is 47.5 Å². The molecular formula is C16H14Cl2N4. The van der Waals surface area contributed by atoms with E-state index in [1.165, 1.54) is 0 Å². The zero-order valence-corrected chi connectivity index (χ0v) is 13.1. The van der Waals surface area contributed by atoms with Crippen LogP contribution in [0.5, 0.6) is 0 Å². The van der Waals surface area contributed by atoms with E-state index in [0.29, 0.717) is 28.1 Å². The summed E-state index contributed by atoms with van der Waals surface area (Å²) in [6.45, 7) is 0.552. The first-order chi connectivity index (χ1) is 10.5. The van der Waals surface area contributed by atoms with E-state index in [2.05, 4.69) is 5.10 Å². The Morgan fingerprint density at radius 1 is 0.864 bits per heavy atom. The summed E-state index contributed by atoms with van der Waals surface area (Å²) in [6.07, 6.45) is 0. The lowest BCUT2D eigenvalue weighted by Gasteiger charge is -2.09. The molecule has 0 unspecified atom stereocenters. The highest BCUT2D eigenvalue weighted by Crippen LogP contribution is 2.31. The van der Waals surface area contributed by atoms with Gasteiger partial charge in [0.1, 0.15) is 5.69 Å². The molecule has 6 heteroatoms. The first-order valence-corrected chi connectivity index (χ1v) is 7.42. The van der Waals surface area contributed by atoms with Gasteiger partial charge in [0.25, 0.3) is 0 Å². The minimum absolute atomic E-state index is 0.318. The molecule has 0 amide bonds. The Morgan fingerprint density at radius 3 is 2.00 bits per heavy atom. The Kier molecular flexibility index (Phi) is 3.96. The van der Waals surface area contributed by atoms with Gasteiger partial charge in [-0.15, -0.1) is 0 Å². The van der Waals surface area contributed by atoms with Crippen LogP contribution in [-0.4, -0.2) is 9.78 Å². The van der Waals surface area contributed by atoms with Crippen LogP contribution < -0.4 is 11.5 Å². The Balaban J connectivity index is 2.03. The van der Waals surface area contributed by atoms with E-state index in [9.17, 15) is 0 Å². The number of anilines is 2. The second kappa shape index (κ2) is 5.91. The quantitative estimate of drug-likeness (QED) is 0.759. The van der Waals surface area contributed by atoms with E-state index in [1.54, 1.807) is 4.68 Å². The molecule has 0 radical (unpaired) electrons. The smallest absolute Gasteiger partial charge is 0.169 e. The monoisotopic (exact) mass is 332 g/mol. The van der Waals surface area contributed by atoms with E-state index in [0.717, 1.165) is 16.8 Å². The highest BCUT2D eigenvalue weighted by atomic mass is 35.5. The number of hydrogen-bond acceptors (Lipinski definition) is 3. The number of hydrogen-bond donors (Lipinski definition) is 2. The number of aromatic nitrogens is 2. The lowest BCUT2D eigenvalue weighted by molar-refractivity contribution is 0.698. The summed E-state index contributed by atoms with van der Waals surface area (Å²) in [5.41, 5.74) is 15.2. The number of nitrogens with zero attached hydrogens (tertiary/aromatic N) is 2. The number of rotatable bonds is 3. The molecule has 22 heavy (non-hydrogen) atoms. The first kappa shape index (κ1) is 14.8. The highest BCUT2D eigenvalue weighted by Gasteiger charge is 2.15. The van der Waals surface area contributed by atoms with Crippen molar-refractivity contribution in [3.8, 4) is 11.3 Å². The van der Waals surface area contributed by atoms with Crippen LogP contribution in [0.4, 0.5) is 11.5 Å². The summed E-state index contributed by atoms with van der Waals surface area (Å²) in [6, 6.07) is 15.0. The van der Waals surface area contributed by atoms with E-state index in [4.69, 9.17) is 34.7 Å². The Hall–Kier alpha value is -2.17. The van der Waals surface area contributed by atoms with Crippen molar-refractivity contribution >= 4 is 34.7 Å². The average Bonchev–Trinajstić information content (AvgIpc) is 2.77. The molecule has 0 atom stereocenters. The number of nitrogens with two attached hydrogens (primary N) is 2. The fraction of sp³-hybridized carbons (Fsp3) is 0.0625.